The summed E-state index contributed by atoms with van der Waals surface area (Å²) in [4.78, 5) is 11.8. The highest BCUT2D eigenvalue weighted by Gasteiger charge is 2.19. The third-order valence-corrected chi connectivity index (χ3v) is 4.50. The molecule has 0 radical (unpaired) electrons. The number of hydrazine groups is 1. The molecule has 0 saturated heterocycles. The molecule has 2 aliphatic rings. The highest BCUT2D eigenvalue weighted by molar-refractivity contribution is 6.03. The van der Waals surface area contributed by atoms with Crippen LogP contribution in [0, 0.1) is 6.92 Å². The summed E-state index contributed by atoms with van der Waals surface area (Å²) in [5.41, 5.74) is 13.6. The first-order valence-electron chi connectivity index (χ1n) is 8.04. The Kier molecular flexibility index (Phi) is 3.56. The van der Waals surface area contributed by atoms with Crippen molar-refractivity contribution < 1.29 is 9.52 Å². The Morgan fingerprint density at radius 2 is 1.85 bits per heavy atom. The predicted octanol–water partition coefficient (Wildman–Crippen LogP) is 3.45. The van der Waals surface area contributed by atoms with Crippen LogP contribution in [0.3, 0.4) is 0 Å². The summed E-state index contributed by atoms with van der Waals surface area (Å²) in [7, 11) is 0. The van der Waals surface area contributed by atoms with Gasteiger partial charge in [-0.15, -0.1) is 0 Å². The number of nitrogens with one attached hydrogen (secondary N) is 1. The lowest BCUT2D eigenvalue weighted by atomic mass is 9.90. The van der Waals surface area contributed by atoms with Gasteiger partial charge in [-0.25, -0.2) is 0 Å². The van der Waals surface area contributed by atoms with Gasteiger partial charge in [-0.05, 0) is 54.4 Å². The average molecular weight is 347 g/mol. The van der Waals surface area contributed by atoms with Crippen molar-refractivity contribution >= 4 is 22.3 Å². The largest absolute Gasteiger partial charge is 0.508 e. The molecule has 0 saturated carbocycles. The zero-order chi connectivity index (χ0) is 18.4. The van der Waals surface area contributed by atoms with Gasteiger partial charge < -0.3 is 20.7 Å². The first-order chi connectivity index (χ1) is 12.5. The average Bonchev–Trinajstić information content (AvgIpc) is 2.60. The number of benzene rings is 3. The fourth-order valence-electron chi connectivity index (χ4n) is 3.27. The van der Waals surface area contributed by atoms with Crippen LogP contribution in [0.15, 0.2) is 57.7 Å². The number of aryl methyl sites for hydroxylation is 1. The van der Waals surface area contributed by atoms with Crippen molar-refractivity contribution in [2.75, 3.05) is 11.2 Å². The second-order valence-corrected chi connectivity index (χ2v) is 6.21. The van der Waals surface area contributed by atoms with Crippen molar-refractivity contribution in [1.29, 1.82) is 0 Å². The number of rotatable bonds is 2. The summed E-state index contributed by atoms with van der Waals surface area (Å²) in [6, 6.07) is 13.3. The van der Waals surface area contributed by atoms with Crippen molar-refractivity contribution in [2.24, 2.45) is 5.84 Å². The van der Waals surface area contributed by atoms with Crippen LogP contribution < -0.4 is 22.4 Å². The SMILES string of the molecule is Cc1cc(N)c(NN)cc1-c1c2ccc(=O)cc-2oc2cc(O)ccc12. The molecule has 6 N–H and O–H groups in total. The first kappa shape index (κ1) is 16.0. The fraction of sp³-hybridized carbons (Fsp3) is 0.0500. The zero-order valence-corrected chi connectivity index (χ0v) is 14.0. The lowest BCUT2D eigenvalue weighted by molar-refractivity contribution is 0.474. The summed E-state index contributed by atoms with van der Waals surface area (Å²) in [5, 5.41) is 10.6. The van der Waals surface area contributed by atoms with Crippen LogP contribution in [0.1, 0.15) is 5.56 Å². The van der Waals surface area contributed by atoms with Gasteiger partial charge in [0, 0.05) is 28.6 Å². The van der Waals surface area contributed by atoms with Crippen molar-refractivity contribution in [3.63, 3.8) is 0 Å². The molecule has 1 aliphatic heterocycles. The Bertz CT molecular complexity index is 1180. The molecule has 0 fully saturated rings. The molecule has 4 rings (SSSR count). The second kappa shape index (κ2) is 5.79. The van der Waals surface area contributed by atoms with E-state index in [1.165, 1.54) is 18.2 Å². The number of nitrogen functional groups attached to an aromatic ring is 2. The van der Waals surface area contributed by atoms with E-state index in [2.05, 4.69) is 5.43 Å². The van der Waals surface area contributed by atoms with E-state index >= 15 is 0 Å². The molecule has 2 aromatic carbocycles. The summed E-state index contributed by atoms with van der Waals surface area (Å²) in [6.45, 7) is 1.95. The van der Waals surface area contributed by atoms with Gasteiger partial charge in [0.2, 0.25) is 0 Å². The Hall–Kier alpha value is -3.51. The molecular weight excluding hydrogens is 330 g/mol. The minimum Gasteiger partial charge on any atom is -0.508 e. The molecule has 0 aromatic heterocycles. The number of anilines is 2. The molecule has 6 nitrogen and oxygen atoms in total. The minimum absolute atomic E-state index is 0.0863. The quantitative estimate of drug-likeness (QED) is 0.191. The summed E-state index contributed by atoms with van der Waals surface area (Å²) in [5.74, 6) is 6.12. The smallest absolute Gasteiger partial charge is 0.182 e. The Morgan fingerprint density at radius 1 is 1.04 bits per heavy atom. The van der Waals surface area contributed by atoms with E-state index in [1.54, 1.807) is 18.2 Å². The molecule has 1 aliphatic carbocycles. The Labute approximate surface area is 149 Å². The molecule has 1 heterocycles. The summed E-state index contributed by atoms with van der Waals surface area (Å²) in [6.07, 6.45) is 0. The Morgan fingerprint density at radius 3 is 2.62 bits per heavy atom. The lowest BCUT2D eigenvalue weighted by Crippen LogP contribution is -2.09. The number of phenols is 1. The molecule has 2 aromatic rings. The third-order valence-electron chi connectivity index (χ3n) is 4.50. The van der Waals surface area contributed by atoms with Crippen molar-refractivity contribution in [3.05, 3.63) is 64.3 Å². The maximum absolute atomic E-state index is 11.8. The highest BCUT2D eigenvalue weighted by Crippen LogP contribution is 2.43. The van der Waals surface area contributed by atoms with E-state index < -0.39 is 0 Å². The highest BCUT2D eigenvalue weighted by atomic mass is 16.3. The fourth-order valence-corrected chi connectivity index (χ4v) is 3.27. The van der Waals surface area contributed by atoms with Gasteiger partial charge >= 0.3 is 0 Å². The van der Waals surface area contributed by atoms with Crippen molar-refractivity contribution in [2.45, 2.75) is 6.92 Å². The number of aromatic hydroxyl groups is 1. The second-order valence-electron chi connectivity index (χ2n) is 6.21. The number of fused-ring (bicyclic) bond motifs is 2. The predicted molar refractivity (Wildman–Crippen MR) is 103 cm³/mol. The van der Waals surface area contributed by atoms with Gasteiger partial charge in [-0.3, -0.25) is 10.6 Å². The van der Waals surface area contributed by atoms with Gasteiger partial charge in [0.25, 0.3) is 0 Å². The standard InChI is InChI=1S/C20H17N3O3/c1-10-6-16(21)17(23-22)9-15(10)20-13-4-2-11(24)7-18(13)26-19-8-12(25)3-5-14(19)20/h2-9,23-24H,21-22H2,1H3. The van der Waals surface area contributed by atoms with E-state index in [-0.39, 0.29) is 11.2 Å². The molecule has 0 unspecified atom stereocenters. The molecule has 0 spiro atoms. The molecule has 0 bridgehead atoms. The van der Waals surface area contributed by atoms with E-state index in [4.69, 9.17) is 16.0 Å². The van der Waals surface area contributed by atoms with Crippen LogP contribution in [0.25, 0.3) is 33.4 Å². The molecule has 26 heavy (non-hydrogen) atoms. The van der Waals surface area contributed by atoms with Gasteiger partial charge in [0.15, 0.2) is 5.43 Å². The van der Waals surface area contributed by atoms with Crippen LogP contribution in [-0.4, -0.2) is 5.11 Å². The third kappa shape index (κ3) is 2.44. The minimum atomic E-state index is -0.148. The van der Waals surface area contributed by atoms with Crippen molar-refractivity contribution in [1.82, 2.24) is 0 Å². The summed E-state index contributed by atoms with van der Waals surface area (Å²) >= 11 is 0. The van der Waals surface area contributed by atoms with E-state index in [1.807, 2.05) is 19.1 Å². The van der Waals surface area contributed by atoms with Gasteiger partial charge in [-0.1, -0.05) is 0 Å². The van der Waals surface area contributed by atoms with E-state index in [0.29, 0.717) is 22.7 Å². The first-order valence-corrected chi connectivity index (χ1v) is 8.04. The lowest BCUT2D eigenvalue weighted by Gasteiger charge is -2.18. The molecule has 0 atom stereocenters. The number of hydrogen-bond donors (Lipinski definition) is 4. The van der Waals surface area contributed by atoms with Crippen LogP contribution in [0.5, 0.6) is 5.75 Å². The normalized spacial score (nSPS) is 11.2. The van der Waals surface area contributed by atoms with Crippen LogP contribution in [0.2, 0.25) is 0 Å². The maximum atomic E-state index is 11.8. The number of hydrogen-bond acceptors (Lipinski definition) is 6. The van der Waals surface area contributed by atoms with Crippen LogP contribution >= 0.6 is 0 Å². The van der Waals surface area contributed by atoms with Crippen LogP contribution in [-0.2, 0) is 0 Å². The topological polar surface area (TPSA) is 115 Å². The molecule has 0 amide bonds. The van der Waals surface area contributed by atoms with Gasteiger partial charge in [-0.2, -0.15) is 0 Å². The van der Waals surface area contributed by atoms with E-state index in [9.17, 15) is 9.90 Å². The van der Waals surface area contributed by atoms with Crippen LogP contribution in [0.4, 0.5) is 11.4 Å². The molecular formula is C20H17N3O3. The maximum Gasteiger partial charge on any atom is 0.182 e. The Balaban J connectivity index is 2.19. The van der Waals surface area contributed by atoms with Gasteiger partial charge in [0.1, 0.15) is 17.1 Å². The summed E-state index contributed by atoms with van der Waals surface area (Å²) < 4.78 is 5.87. The monoisotopic (exact) mass is 347 g/mol. The molecule has 130 valence electrons. The number of phenolic OH excluding ortho intramolecular Hbond substituents is 1. The van der Waals surface area contributed by atoms with Crippen molar-refractivity contribution in [3.8, 4) is 28.2 Å². The van der Waals surface area contributed by atoms with Gasteiger partial charge in [0.05, 0.1) is 11.4 Å². The van der Waals surface area contributed by atoms with E-state index in [0.717, 1.165) is 27.6 Å². The zero-order valence-electron chi connectivity index (χ0n) is 14.0. The molecule has 6 heteroatoms. The number of nitrogens with two attached hydrogens (primary N) is 2.